The van der Waals surface area contributed by atoms with Crippen molar-refractivity contribution in [3.8, 4) is 22.5 Å². The summed E-state index contributed by atoms with van der Waals surface area (Å²) in [6.07, 6.45) is 3.31. The molecule has 4 atom stereocenters. The molecule has 4 aliphatic heterocycles. The number of urea groups is 1. The van der Waals surface area contributed by atoms with E-state index in [0.717, 1.165) is 57.9 Å². The number of methoxy groups -OCH3 is 1. The van der Waals surface area contributed by atoms with E-state index in [1.165, 1.54) is 21.2 Å². The Kier molecular flexibility index (Phi) is 13.0. The number of fused-ring (bicyclic) bond motifs is 6. The molecule has 6 bridgehead atoms. The molecule has 63 heavy (non-hydrogen) atoms. The number of carbonyl (C=O) groups excluding carboxylic acids is 4. The summed E-state index contributed by atoms with van der Waals surface area (Å²) in [5.74, 6) is -0.618. The summed E-state index contributed by atoms with van der Waals surface area (Å²) < 4.78 is 19.6. The number of thiazole rings is 1. The minimum absolute atomic E-state index is 0.113. The summed E-state index contributed by atoms with van der Waals surface area (Å²) in [5, 5.41) is 8.22. The fraction of sp³-hybridized carbons (Fsp3) is 0.574. The summed E-state index contributed by atoms with van der Waals surface area (Å²) in [6, 6.07) is 7.62. The highest BCUT2D eigenvalue weighted by Crippen LogP contribution is 2.42. The number of hydrogen-bond acceptors (Lipinski definition) is 11. The number of likely N-dealkylation sites (tertiary alicyclic amines) is 1. The molecule has 4 aliphatic rings. The third-order valence-electron chi connectivity index (χ3n) is 13.3. The average molecular weight is 883 g/mol. The van der Waals surface area contributed by atoms with E-state index in [4.69, 9.17) is 24.2 Å². The van der Waals surface area contributed by atoms with Gasteiger partial charge in [-0.2, -0.15) is 0 Å². The second kappa shape index (κ2) is 18.3. The van der Waals surface area contributed by atoms with Crippen molar-refractivity contribution in [3.05, 3.63) is 58.2 Å². The Morgan fingerprint density at radius 1 is 1.13 bits per heavy atom. The zero-order valence-corrected chi connectivity index (χ0v) is 38.6. The first kappa shape index (κ1) is 44.7. The molecule has 3 saturated heterocycles. The molecule has 3 fully saturated rings. The average Bonchev–Trinajstić information content (AvgIpc) is 3.83. The molecule has 0 aliphatic carbocycles. The zero-order valence-electron chi connectivity index (χ0n) is 37.8. The van der Waals surface area contributed by atoms with Crippen molar-refractivity contribution in [1.82, 2.24) is 40.1 Å². The minimum atomic E-state index is -1.04. The standard InChI is InChI=1S/C47H62N8O7S/c1-9-54-38-15-14-29-18-33(38)34(42(54)32-12-10-16-48-40(32)28(4)60-8)20-47(5,6)26-62-45(58)35-13-11-17-55(51-35)44(57)36(19-39-49-37(29)25-63-39)50-43(56)41(27(2)3)52(7)46(59)53-21-30(22-53)31-23-61-24-31/h10,12,14-16,18,25,27-28,30-31,35-36,41,51H,9,11,13,17,19-24,26H2,1-8H3,(H,50,56)/t28-,35-,36-,41?/m0/s1. The third kappa shape index (κ3) is 8.96. The van der Waals surface area contributed by atoms with Gasteiger partial charge >= 0.3 is 12.0 Å². The molecule has 7 heterocycles. The van der Waals surface area contributed by atoms with Crippen LogP contribution in [0.15, 0.2) is 41.9 Å². The quantitative estimate of drug-likeness (QED) is 0.195. The van der Waals surface area contributed by atoms with Crippen LogP contribution in [0.3, 0.4) is 0 Å². The number of amides is 4. The molecule has 3 aromatic heterocycles. The maximum Gasteiger partial charge on any atom is 0.324 e. The third-order valence-corrected chi connectivity index (χ3v) is 14.2. The summed E-state index contributed by atoms with van der Waals surface area (Å²) in [7, 11) is 3.35. The predicted octanol–water partition coefficient (Wildman–Crippen LogP) is 5.86. The van der Waals surface area contributed by atoms with E-state index in [2.05, 4.69) is 60.3 Å². The van der Waals surface area contributed by atoms with Gasteiger partial charge in [-0.3, -0.25) is 24.4 Å². The molecule has 4 amide bonds. The van der Waals surface area contributed by atoms with Crippen molar-refractivity contribution < 1.29 is 33.4 Å². The van der Waals surface area contributed by atoms with Gasteiger partial charge in [0.05, 0.1) is 48.0 Å². The first-order valence-electron chi connectivity index (χ1n) is 22.4. The van der Waals surface area contributed by atoms with Crippen molar-refractivity contribution in [2.45, 2.75) is 98.0 Å². The summed E-state index contributed by atoms with van der Waals surface area (Å²) >= 11 is 1.43. The van der Waals surface area contributed by atoms with Gasteiger partial charge in [0.25, 0.3) is 5.91 Å². The summed E-state index contributed by atoms with van der Waals surface area (Å²) in [5.41, 5.74) is 9.40. The number of cyclic esters (lactones) is 1. The molecule has 15 nitrogen and oxygen atoms in total. The summed E-state index contributed by atoms with van der Waals surface area (Å²) in [4.78, 5) is 69.7. The Hall–Kier alpha value is -4.90. The molecule has 0 spiro atoms. The number of carbonyl (C=O) groups is 4. The molecule has 2 N–H and O–H groups in total. The molecular weight excluding hydrogens is 821 g/mol. The van der Waals surface area contributed by atoms with Gasteiger partial charge in [-0.15, -0.1) is 11.3 Å². The lowest BCUT2D eigenvalue weighted by atomic mass is 9.84. The number of esters is 1. The summed E-state index contributed by atoms with van der Waals surface area (Å²) in [6.45, 7) is 16.1. The number of nitrogens with one attached hydrogen (secondary N) is 2. The number of benzene rings is 1. The van der Waals surface area contributed by atoms with Gasteiger partial charge in [0, 0.05) is 97.6 Å². The first-order chi connectivity index (χ1) is 30.2. The monoisotopic (exact) mass is 882 g/mol. The van der Waals surface area contributed by atoms with Crippen LogP contribution in [0.2, 0.25) is 0 Å². The van der Waals surface area contributed by atoms with Gasteiger partial charge in [0.1, 0.15) is 18.1 Å². The fourth-order valence-electron chi connectivity index (χ4n) is 9.58. The number of nitrogens with zero attached hydrogens (tertiary/aromatic N) is 6. The van der Waals surface area contributed by atoms with Crippen LogP contribution >= 0.6 is 11.3 Å². The van der Waals surface area contributed by atoms with Crippen LogP contribution < -0.4 is 10.7 Å². The van der Waals surface area contributed by atoms with E-state index in [-0.39, 0.29) is 37.0 Å². The topological polar surface area (TPSA) is 160 Å². The molecule has 1 aromatic carbocycles. The number of likely N-dealkylation sites (N-methyl/N-ethyl adjacent to an activating group) is 1. The van der Waals surface area contributed by atoms with E-state index < -0.39 is 35.4 Å². The van der Waals surface area contributed by atoms with Crippen LogP contribution in [-0.4, -0.2) is 125 Å². The highest BCUT2D eigenvalue weighted by molar-refractivity contribution is 7.10. The number of rotatable bonds is 9. The second-order valence-corrected chi connectivity index (χ2v) is 19.8. The predicted molar refractivity (Wildman–Crippen MR) is 240 cm³/mol. The molecule has 0 saturated carbocycles. The van der Waals surface area contributed by atoms with Gasteiger partial charge in [-0.25, -0.2) is 15.2 Å². The number of aryl methyl sites for hydroxylation is 1. The highest BCUT2D eigenvalue weighted by atomic mass is 32.1. The molecule has 4 aromatic rings. The SMILES string of the molecule is CCn1c(-c2cccnc2[C@H](C)OC)c2c3cc(ccc31)-c1csc(n1)C[C@H](NC(=O)C(C(C)C)N(C)C(=O)N1CC(C3COC3)C1)C(=O)N1CCC[C@H](N1)C(=O)OCC(C)(C)C2. The van der Waals surface area contributed by atoms with E-state index in [1.54, 1.807) is 25.3 Å². The highest BCUT2D eigenvalue weighted by Gasteiger charge is 2.43. The van der Waals surface area contributed by atoms with E-state index in [9.17, 15) is 19.2 Å². The maximum absolute atomic E-state index is 14.6. The van der Waals surface area contributed by atoms with Crippen LogP contribution in [-0.2, 0) is 48.0 Å². The van der Waals surface area contributed by atoms with Gasteiger partial charge < -0.3 is 33.9 Å². The van der Waals surface area contributed by atoms with Crippen LogP contribution in [0.5, 0.6) is 0 Å². The largest absolute Gasteiger partial charge is 0.464 e. The fourth-order valence-corrected chi connectivity index (χ4v) is 10.4. The van der Waals surface area contributed by atoms with Crippen molar-refractivity contribution >= 4 is 46.1 Å². The Labute approximate surface area is 373 Å². The number of hydrazine groups is 1. The lowest BCUT2D eigenvalue weighted by Gasteiger charge is -2.48. The Balaban J connectivity index is 1.15. The molecular formula is C47H62N8O7S. The normalized spacial score (nSPS) is 21.9. The Morgan fingerprint density at radius 2 is 1.90 bits per heavy atom. The van der Waals surface area contributed by atoms with E-state index in [1.807, 2.05) is 32.2 Å². The van der Waals surface area contributed by atoms with Crippen LogP contribution in [0, 0.1) is 23.2 Å². The molecule has 0 radical (unpaired) electrons. The van der Waals surface area contributed by atoms with Crippen molar-refractivity contribution in [1.29, 1.82) is 0 Å². The van der Waals surface area contributed by atoms with Crippen LogP contribution in [0.4, 0.5) is 4.79 Å². The zero-order chi connectivity index (χ0) is 44.7. The second-order valence-electron chi connectivity index (χ2n) is 18.8. The van der Waals surface area contributed by atoms with E-state index in [0.29, 0.717) is 62.3 Å². The van der Waals surface area contributed by atoms with Gasteiger partial charge in [-0.05, 0) is 68.9 Å². The molecule has 8 rings (SSSR count). The van der Waals surface area contributed by atoms with Crippen molar-refractivity contribution in [3.63, 3.8) is 0 Å². The molecule has 1 unspecified atom stereocenters. The Bertz CT molecular complexity index is 2350. The first-order valence-corrected chi connectivity index (χ1v) is 23.3. The van der Waals surface area contributed by atoms with Crippen molar-refractivity contribution in [2.75, 3.05) is 53.6 Å². The van der Waals surface area contributed by atoms with Crippen LogP contribution in [0.1, 0.15) is 76.8 Å². The number of aromatic nitrogens is 3. The van der Waals surface area contributed by atoms with Gasteiger partial charge in [0.15, 0.2) is 0 Å². The lowest BCUT2D eigenvalue weighted by Crippen LogP contribution is -2.64. The number of hydrogen-bond donors (Lipinski definition) is 2. The Morgan fingerprint density at radius 3 is 2.60 bits per heavy atom. The van der Waals surface area contributed by atoms with Crippen LogP contribution in [0.25, 0.3) is 33.4 Å². The van der Waals surface area contributed by atoms with Gasteiger partial charge in [-0.1, -0.05) is 33.8 Å². The van der Waals surface area contributed by atoms with E-state index >= 15 is 0 Å². The molecule has 16 heteroatoms. The molecule has 338 valence electrons. The maximum atomic E-state index is 14.6. The lowest BCUT2D eigenvalue weighted by molar-refractivity contribution is -0.155. The smallest absolute Gasteiger partial charge is 0.324 e. The van der Waals surface area contributed by atoms with Crippen molar-refractivity contribution in [2.24, 2.45) is 23.2 Å². The minimum Gasteiger partial charge on any atom is -0.464 e. The van der Waals surface area contributed by atoms with Gasteiger partial charge in [0.2, 0.25) is 5.91 Å². The number of ether oxygens (including phenoxy) is 3. The number of pyridine rings is 1.